The number of halogens is 1. The lowest BCUT2D eigenvalue weighted by atomic mass is 10.1. The molecule has 1 aromatic heterocycles. The molecule has 0 aliphatic carbocycles. The fourth-order valence-corrected chi connectivity index (χ4v) is 3.65. The van der Waals surface area contributed by atoms with E-state index in [1.165, 1.54) is 5.56 Å². The van der Waals surface area contributed by atoms with Crippen molar-refractivity contribution in [3.05, 3.63) is 68.9 Å². The molecule has 0 saturated carbocycles. The van der Waals surface area contributed by atoms with E-state index < -0.39 is 0 Å². The molecule has 0 bridgehead atoms. The van der Waals surface area contributed by atoms with Gasteiger partial charge in [0.15, 0.2) is 5.76 Å². The van der Waals surface area contributed by atoms with Gasteiger partial charge in [0, 0.05) is 21.6 Å². The zero-order chi connectivity index (χ0) is 18.1. The highest BCUT2D eigenvalue weighted by Gasteiger charge is 2.20. The van der Waals surface area contributed by atoms with E-state index in [-0.39, 0.29) is 12.0 Å². The van der Waals surface area contributed by atoms with E-state index >= 15 is 0 Å². The van der Waals surface area contributed by atoms with Crippen LogP contribution in [0.3, 0.4) is 0 Å². The molecule has 5 nitrogen and oxygen atoms in total. The van der Waals surface area contributed by atoms with Crippen LogP contribution in [-0.2, 0) is 13.0 Å². The zero-order valence-corrected chi connectivity index (χ0v) is 16.3. The van der Waals surface area contributed by atoms with Crippen LogP contribution in [0.4, 0.5) is 0 Å². The van der Waals surface area contributed by atoms with Crippen LogP contribution >= 0.6 is 22.6 Å². The minimum Gasteiger partial charge on any atom is -0.490 e. The first-order valence-corrected chi connectivity index (χ1v) is 9.46. The van der Waals surface area contributed by atoms with Gasteiger partial charge in [0.05, 0.1) is 12.1 Å². The van der Waals surface area contributed by atoms with Crippen molar-refractivity contribution in [3.8, 4) is 17.1 Å². The smallest absolute Gasteiger partial charge is 0.252 e. The molecule has 1 unspecified atom stereocenters. The summed E-state index contributed by atoms with van der Waals surface area (Å²) in [7, 11) is 0. The minimum absolute atomic E-state index is 0.122. The van der Waals surface area contributed by atoms with Crippen LogP contribution in [0.2, 0.25) is 0 Å². The summed E-state index contributed by atoms with van der Waals surface area (Å²) < 4.78 is 12.1. The van der Waals surface area contributed by atoms with E-state index in [0.29, 0.717) is 23.6 Å². The SMILES string of the molecule is CC1Cc2cc(-c3cc(CNC(=O)c4ccccc4I)no3)ccc2O1. The van der Waals surface area contributed by atoms with Crippen molar-refractivity contribution in [2.45, 2.75) is 26.0 Å². The molecular weight excluding hydrogens is 443 g/mol. The molecule has 3 aromatic rings. The van der Waals surface area contributed by atoms with Crippen LogP contribution in [0.1, 0.15) is 28.5 Å². The normalized spacial score (nSPS) is 15.4. The molecule has 0 fully saturated rings. The van der Waals surface area contributed by atoms with E-state index in [9.17, 15) is 4.79 Å². The third-order valence-electron chi connectivity index (χ3n) is 4.29. The van der Waals surface area contributed by atoms with Gasteiger partial charge in [-0.1, -0.05) is 17.3 Å². The van der Waals surface area contributed by atoms with Crippen LogP contribution in [0.5, 0.6) is 5.75 Å². The molecule has 6 heteroatoms. The quantitative estimate of drug-likeness (QED) is 0.593. The molecule has 0 saturated heterocycles. The van der Waals surface area contributed by atoms with Crippen molar-refractivity contribution < 1.29 is 14.1 Å². The van der Waals surface area contributed by atoms with Gasteiger partial charge in [0.1, 0.15) is 17.5 Å². The van der Waals surface area contributed by atoms with Gasteiger partial charge in [-0.05, 0) is 65.4 Å². The Balaban J connectivity index is 1.45. The van der Waals surface area contributed by atoms with Gasteiger partial charge >= 0.3 is 0 Å². The Bertz CT molecular complexity index is 967. The van der Waals surface area contributed by atoms with Gasteiger partial charge in [0.25, 0.3) is 5.91 Å². The van der Waals surface area contributed by atoms with Gasteiger partial charge in [-0.2, -0.15) is 0 Å². The van der Waals surface area contributed by atoms with E-state index in [4.69, 9.17) is 9.26 Å². The number of hydrogen-bond donors (Lipinski definition) is 1. The predicted molar refractivity (Wildman–Crippen MR) is 106 cm³/mol. The van der Waals surface area contributed by atoms with Crippen molar-refractivity contribution in [2.24, 2.45) is 0 Å². The lowest BCUT2D eigenvalue weighted by Gasteiger charge is -2.04. The number of amides is 1. The molecule has 0 radical (unpaired) electrons. The molecule has 26 heavy (non-hydrogen) atoms. The summed E-state index contributed by atoms with van der Waals surface area (Å²) >= 11 is 2.15. The fraction of sp³-hybridized carbons (Fsp3) is 0.200. The Morgan fingerprint density at radius 3 is 2.96 bits per heavy atom. The fourth-order valence-electron chi connectivity index (χ4n) is 3.02. The van der Waals surface area contributed by atoms with Crippen LogP contribution in [0, 0.1) is 3.57 Å². The van der Waals surface area contributed by atoms with Gasteiger partial charge in [-0.3, -0.25) is 4.79 Å². The Kier molecular flexibility index (Phi) is 4.67. The summed E-state index contributed by atoms with van der Waals surface area (Å²) in [5, 5.41) is 6.95. The van der Waals surface area contributed by atoms with Gasteiger partial charge in [0.2, 0.25) is 0 Å². The molecule has 4 rings (SSSR count). The first-order chi connectivity index (χ1) is 12.6. The van der Waals surface area contributed by atoms with E-state index in [0.717, 1.165) is 21.3 Å². The third kappa shape index (κ3) is 3.46. The average molecular weight is 460 g/mol. The number of fused-ring (bicyclic) bond motifs is 1. The monoisotopic (exact) mass is 460 g/mol. The molecule has 132 valence electrons. The number of carbonyl (C=O) groups excluding carboxylic acids is 1. The van der Waals surface area contributed by atoms with Crippen LogP contribution in [-0.4, -0.2) is 17.2 Å². The summed E-state index contributed by atoms with van der Waals surface area (Å²) in [4.78, 5) is 12.3. The molecule has 1 aliphatic rings. The number of benzene rings is 2. The summed E-state index contributed by atoms with van der Waals surface area (Å²) in [5.74, 6) is 1.50. The van der Waals surface area contributed by atoms with Crippen molar-refractivity contribution >= 4 is 28.5 Å². The summed E-state index contributed by atoms with van der Waals surface area (Å²) in [5.41, 5.74) is 3.48. The maximum absolute atomic E-state index is 12.3. The topological polar surface area (TPSA) is 64.4 Å². The standard InChI is InChI=1S/C20H17IN2O3/c1-12-8-14-9-13(6-7-18(14)25-12)19-10-15(23-26-19)11-22-20(24)16-4-2-3-5-17(16)21/h2-7,9-10,12H,8,11H2,1H3,(H,22,24). The van der Waals surface area contributed by atoms with Crippen LogP contribution < -0.4 is 10.1 Å². The van der Waals surface area contributed by atoms with E-state index in [2.05, 4.69) is 46.1 Å². The maximum Gasteiger partial charge on any atom is 0.252 e. The van der Waals surface area contributed by atoms with Gasteiger partial charge in [-0.25, -0.2) is 0 Å². The maximum atomic E-state index is 12.3. The highest BCUT2D eigenvalue weighted by Crippen LogP contribution is 2.33. The highest BCUT2D eigenvalue weighted by atomic mass is 127. The predicted octanol–water partition coefficient (Wildman–Crippen LogP) is 4.20. The lowest BCUT2D eigenvalue weighted by Crippen LogP contribution is -2.23. The largest absolute Gasteiger partial charge is 0.490 e. The average Bonchev–Trinajstić information content (AvgIpc) is 3.24. The summed E-state index contributed by atoms with van der Waals surface area (Å²) in [6.45, 7) is 2.38. The Morgan fingerprint density at radius 1 is 1.27 bits per heavy atom. The molecule has 2 aromatic carbocycles. The second kappa shape index (κ2) is 7.11. The molecule has 1 amide bonds. The molecule has 1 aliphatic heterocycles. The van der Waals surface area contributed by atoms with Gasteiger partial charge < -0.3 is 14.6 Å². The Hall–Kier alpha value is -2.35. The van der Waals surface area contributed by atoms with Crippen molar-refractivity contribution in [3.63, 3.8) is 0 Å². The number of rotatable bonds is 4. The number of nitrogens with one attached hydrogen (secondary N) is 1. The molecule has 1 atom stereocenters. The van der Waals surface area contributed by atoms with Crippen LogP contribution in [0.15, 0.2) is 53.1 Å². The van der Waals surface area contributed by atoms with E-state index in [1.54, 1.807) is 6.07 Å². The van der Waals surface area contributed by atoms with Crippen molar-refractivity contribution in [2.75, 3.05) is 0 Å². The number of aromatic nitrogens is 1. The highest BCUT2D eigenvalue weighted by molar-refractivity contribution is 14.1. The van der Waals surface area contributed by atoms with E-state index in [1.807, 2.05) is 36.4 Å². The van der Waals surface area contributed by atoms with Crippen molar-refractivity contribution in [1.82, 2.24) is 10.5 Å². The third-order valence-corrected chi connectivity index (χ3v) is 5.23. The first kappa shape index (κ1) is 17.1. The number of ether oxygens (including phenoxy) is 1. The molecular formula is C20H17IN2O3. The van der Waals surface area contributed by atoms with Gasteiger partial charge in [-0.15, -0.1) is 0 Å². The number of hydrogen-bond acceptors (Lipinski definition) is 4. The Morgan fingerprint density at radius 2 is 2.12 bits per heavy atom. The molecule has 0 spiro atoms. The summed E-state index contributed by atoms with van der Waals surface area (Å²) in [6, 6.07) is 15.3. The zero-order valence-electron chi connectivity index (χ0n) is 14.2. The molecule has 2 heterocycles. The van der Waals surface area contributed by atoms with Crippen molar-refractivity contribution in [1.29, 1.82) is 0 Å². The second-order valence-electron chi connectivity index (χ2n) is 6.30. The lowest BCUT2D eigenvalue weighted by molar-refractivity contribution is 0.0949. The summed E-state index contributed by atoms with van der Waals surface area (Å²) in [6.07, 6.45) is 1.11. The number of carbonyl (C=O) groups is 1. The first-order valence-electron chi connectivity index (χ1n) is 8.38. The Labute approximate surface area is 164 Å². The molecule has 1 N–H and O–H groups in total. The minimum atomic E-state index is -0.122. The number of nitrogens with zero attached hydrogens (tertiary/aromatic N) is 1. The van der Waals surface area contributed by atoms with Crippen LogP contribution in [0.25, 0.3) is 11.3 Å². The second-order valence-corrected chi connectivity index (χ2v) is 7.46.